The lowest BCUT2D eigenvalue weighted by Crippen LogP contribution is -2.22. The number of rotatable bonds is 7. The Morgan fingerprint density at radius 3 is 2.88 bits per heavy atom. The van der Waals surface area contributed by atoms with Crippen molar-refractivity contribution in [2.75, 3.05) is 0 Å². The second-order valence-corrected chi connectivity index (χ2v) is 5.44. The number of hydrogen-bond acceptors (Lipinski definition) is 6. The molecule has 2 heterocycles. The summed E-state index contributed by atoms with van der Waals surface area (Å²) < 4.78 is 10.2. The summed E-state index contributed by atoms with van der Waals surface area (Å²) in [5.74, 6) is 1.70. The average molecular weight is 326 g/mol. The number of nitrogens with one attached hydrogen (secondary N) is 1. The molecule has 3 rings (SSSR count). The van der Waals surface area contributed by atoms with Crippen molar-refractivity contribution in [3.05, 3.63) is 53.7 Å². The van der Waals surface area contributed by atoms with E-state index in [2.05, 4.69) is 20.6 Å². The second kappa shape index (κ2) is 7.54. The Hall–Kier alpha value is -2.96. The zero-order valence-corrected chi connectivity index (χ0v) is 13.4. The van der Waals surface area contributed by atoms with E-state index in [0.717, 1.165) is 11.1 Å². The number of carbonyl (C=O) groups is 1. The van der Waals surface area contributed by atoms with Gasteiger partial charge in [-0.15, -0.1) is 0 Å². The third-order valence-electron chi connectivity index (χ3n) is 3.60. The molecular weight excluding hydrogens is 308 g/mol. The van der Waals surface area contributed by atoms with Gasteiger partial charge in [0, 0.05) is 24.5 Å². The van der Waals surface area contributed by atoms with Crippen LogP contribution >= 0.6 is 0 Å². The molecular formula is C17H18N4O3. The molecule has 7 nitrogen and oxygen atoms in total. The predicted octanol–water partition coefficient (Wildman–Crippen LogP) is 2.67. The largest absolute Gasteiger partial charge is 0.360 e. The van der Waals surface area contributed by atoms with Crippen molar-refractivity contribution in [3.8, 4) is 11.4 Å². The lowest BCUT2D eigenvalue weighted by molar-refractivity contribution is -0.121. The number of carbonyl (C=O) groups excluding carboxylic acids is 1. The Morgan fingerprint density at radius 2 is 2.08 bits per heavy atom. The summed E-state index contributed by atoms with van der Waals surface area (Å²) in [5.41, 5.74) is 2.05. The number of aromatic nitrogens is 3. The van der Waals surface area contributed by atoms with Gasteiger partial charge in [-0.1, -0.05) is 34.6 Å². The maximum Gasteiger partial charge on any atom is 0.226 e. The van der Waals surface area contributed by atoms with Gasteiger partial charge in [0.25, 0.3) is 0 Å². The van der Waals surface area contributed by atoms with Gasteiger partial charge in [0.15, 0.2) is 5.76 Å². The van der Waals surface area contributed by atoms with E-state index >= 15 is 0 Å². The van der Waals surface area contributed by atoms with Crippen LogP contribution in [-0.4, -0.2) is 21.2 Å². The standard InChI is InChI=1S/C17H18N4O3/c1-12-5-2-3-6-14(12)17-20-16(24-21-17)8-4-7-15(22)18-11-13-9-10-19-23-13/h2-3,5-6,9-10H,4,7-8,11H2,1H3,(H,18,22). The molecule has 3 aromatic rings. The predicted molar refractivity (Wildman–Crippen MR) is 85.8 cm³/mol. The van der Waals surface area contributed by atoms with E-state index in [0.29, 0.717) is 43.3 Å². The first-order valence-corrected chi connectivity index (χ1v) is 7.77. The van der Waals surface area contributed by atoms with Crippen molar-refractivity contribution in [1.29, 1.82) is 0 Å². The van der Waals surface area contributed by atoms with Crippen LogP contribution < -0.4 is 5.32 Å². The Kier molecular flexibility index (Phi) is 5.00. The fraction of sp³-hybridized carbons (Fsp3) is 0.294. The smallest absolute Gasteiger partial charge is 0.226 e. The van der Waals surface area contributed by atoms with Gasteiger partial charge in [-0.3, -0.25) is 4.79 Å². The van der Waals surface area contributed by atoms with Crippen LogP contribution in [0.2, 0.25) is 0 Å². The van der Waals surface area contributed by atoms with Crippen LogP contribution in [0.1, 0.15) is 30.1 Å². The first-order valence-electron chi connectivity index (χ1n) is 7.77. The number of benzene rings is 1. The molecule has 0 unspecified atom stereocenters. The minimum absolute atomic E-state index is 0.0509. The van der Waals surface area contributed by atoms with E-state index in [-0.39, 0.29) is 5.91 Å². The van der Waals surface area contributed by atoms with Crippen LogP contribution in [0.15, 0.2) is 45.6 Å². The number of aryl methyl sites for hydroxylation is 2. The van der Waals surface area contributed by atoms with Crippen molar-refractivity contribution < 1.29 is 13.8 Å². The molecule has 24 heavy (non-hydrogen) atoms. The Bertz CT molecular complexity index is 796. The molecule has 0 aliphatic carbocycles. The highest BCUT2D eigenvalue weighted by Crippen LogP contribution is 2.20. The molecule has 0 radical (unpaired) electrons. The maximum absolute atomic E-state index is 11.8. The molecule has 0 aliphatic heterocycles. The van der Waals surface area contributed by atoms with Gasteiger partial charge in [0.05, 0.1) is 12.7 Å². The van der Waals surface area contributed by atoms with Crippen molar-refractivity contribution in [2.24, 2.45) is 0 Å². The third kappa shape index (κ3) is 4.07. The first kappa shape index (κ1) is 15.9. The molecule has 2 aromatic heterocycles. The van der Waals surface area contributed by atoms with Crippen molar-refractivity contribution >= 4 is 5.91 Å². The van der Waals surface area contributed by atoms with E-state index in [1.165, 1.54) is 0 Å². The molecule has 1 N–H and O–H groups in total. The van der Waals surface area contributed by atoms with Gasteiger partial charge in [-0.05, 0) is 18.9 Å². The molecule has 124 valence electrons. The Labute approximate surface area is 139 Å². The fourth-order valence-corrected chi connectivity index (χ4v) is 2.30. The summed E-state index contributed by atoms with van der Waals surface area (Å²) in [4.78, 5) is 16.2. The third-order valence-corrected chi connectivity index (χ3v) is 3.60. The minimum atomic E-state index is -0.0509. The molecule has 7 heteroatoms. The van der Waals surface area contributed by atoms with Crippen LogP contribution in [0.3, 0.4) is 0 Å². The topological polar surface area (TPSA) is 94.1 Å². The molecule has 0 spiro atoms. The zero-order valence-electron chi connectivity index (χ0n) is 13.4. The van der Waals surface area contributed by atoms with Crippen LogP contribution in [0.4, 0.5) is 0 Å². The summed E-state index contributed by atoms with van der Waals surface area (Å²) in [6, 6.07) is 9.59. The molecule has 0 bridgehead atoms. The van der Waals surface area contributed by atoms with Crippen LogP contribution in [0.5, 0.6) is 0 Å². The molecule has 0 fully saturated rings. The maximum atomic E-state index is 11.8. The summed E-state index contributed by atoms with van der Waals surface area (Å²) in [5, 5.41) is 10.4. The van der Waals surface area contributed by atoms with E-state index in [1.807, 2.05) is 31.2 Å². The van der Waals surface area contributed by atoms with E-state index in [4.69, 9.17) is 9.05 Å². The molecule has 1 aromatic carbocycles. The molecule has 0 aliphatic rings. The quantitative estimate of drug-likeness (QED) is 0.717. The van der Waals surface area contributed by atoms with Gasteiger partial charge < -0.3 is 14.4 Å². The van der Waals surface area contributed by atoms with Crippen molar-refractivity contribution in [3.63, 3.8) is 0 Å². The van der Waals surface area contributed by atoms with Crippen LogP contribution in [0.25, 0.3) is 11.4 Å². The van der Waals surface area contributed by atoms with Gasteiger partial charge in [-0.25, -0.2) is 0 Å². The lowest BCUT2D eigenvalue weighted by atomic mass is 10.1. The zero-order chi connectivity index (χ0) is 16.8. The molecule has 1 amide bonds. The highest BCUT2D eigenvalue weighted by molar-refractivity contribution is 5.75. The Balaban J connectivity index is 1.46. The Morgan fingerprint density at radius 1 is 1.21 bits per heavy atom. The second-order valence-electron chi connectivity index (χ2n) is 5.44. The van der Waals surface area contributed by atoms with E-state index < -0.39 is 0 Å². The van der Waals surface area contributed by atoms with E-state index in [1.54, 1.807) is 12.3 Å². The monoisotopic (exact) mass is 326 g/mol. The average Bonchev–Trinajstić information content (AvgIpc) is 3.25. The lowest BCUT2D eigenvalue weighted by Gasteiger charge is -2.01. The number of hydrogen-bond donors (Lipinski definition) is 1. The van der Waals surface area contributed by atoms with Gasteiger partial charge in [0.2, 0.25) is 17.6 Å². The summed E-state index contributed by atoms with van der Waals surface area (Å²) in [6.45, 7) is 2.35. The summed E-state index contributed by atoms with van der Waals surface area (Å²) in [7, 11) is 0. The molecule has 0 saturated carbocycles. The normalized spacial score (nSPS) is 10.7. The highest BCUT2D eigenvalue weighted by atomic mass is 16.5. The summed E-state index contributed by atoms with van der Waals surface area (Å²) in [6.07, 6.45) is 3.13. The van der Waals surface area contributed by atoms with Gasteiger partial charge in [0.1, 0.15) is 0 Å². The van der Waals surface area contributed by atoms with Crippen molar-refractivity contribution in [1.82, 2.24) is 20.6 Å². The van der Waals surface area contributed by atoms with Crippen molar-refractivity contribution in [2.45, 2.75) is 32.7 Å². The minimum Gasteiger partial charge on any atom is -0.360 e. The summed E-state index contributed by atoms with van der Waals surface area (Å²) >= 11 is 0. The van der Waals surface area contributed by atoms with Crippen LogP contribution in [0, 0.1) is 6.92 Å². The molecule has 0 atom stereocenters. The van der Waals surface area contributed by atoms with Gasteiger partial charge >= 0.3 is 0 Å². The molecule has 0 saturated heterocycles. The highest BCUT2D eigenvalue weighted by Gasteiger charge is 2.11. The van der Waals surface area contributed by atoms with Crippen LogP contribution in [-0.2, 0) is 17.8 Å². The first-order chi connectivity index (χ1) is 11.7. The number of nitrogens with zero attached hydrogens (tertiary/aromatic N) is 3. The van der Waals surface area contributed by atoms with E-state index in [9.17, 15) is 4.79 Å². The number of amides is 1. The fourth-order valence-electron chi connectivity index (χ4n) is 2.30. The SMILES string of the molecule is Cc1ccccc1-c1noc(CCCC(=O)NCc2ccno2)n1. The van der Waals surface area contributed by atoms with Gasteiger partial charge in [-0.2, -0.15) is 4.98 Å².